The first-order valence-electron chi connectivity index (χ1n) is 5.92. The number of aromatic nitrogens is 2. The third kappa shape index (κ3) is 3.52. The third-order valence-corrected chi connectivity index (χ3v) is 3.16. The highest BCUT2D eigenvalue weighted by Gasteiger charge is 2.17. The molecule has 0 bridgehead atoms. The van der Waals surface area contributed by atoms with Crippen molar-refractivity contribution in [1.82, 2.24) is 15.3 Å². The van der Waals surface area contributed by atoms with E-state index in [4.69, 9.17) is 5.73 Å². The number of nitrogens with one attached hydrogen (secondary N) is 1. The molecule has 110 valence electrons. The number of nitrogen functional groups attached to an aromatic ring is 1. The number of amides is 1. The number of benzene rings is 1. The Hall–Kier alpha value is -2.09. The number of halogens is 3. The number of nitrogens with zero attached hydrogens (tertiary/aromatic N) is 2. The highest BCUT2D eigenvalue weighted by molar-refractivity contribution is 9.10. The molecule has 2 aromatic rings. The van der Waals surface area contributed by atoms with Crippen LogP contribution < -0.4 is 11.1 Å². The van der Waals surface area contributed by atoms with E-state index in [0.29, 0.717) is 10.2 Å². The molecule has 0 saturated heterocycles. The summed E-state index contributed by atoms with van der Waals surface area (Å²) >= 11 is 3.09. The predicted molar refractivity (Wildman–Crippen MR) is 76.4 cm³/mol. The van der Waals surface area contributed by atoms with E-state index in [-0.39, 0.29) is 11.5 Å². The zero-order chi connectivity index (χ0) is 15.6. The largest absolute Gasteiger partial charge is 0.382 e. The van der Waals surface area contributed by atoms with Crippen LogP contribution >= 0.6 is 15.9 Å². The second kappa shape index (κ2) is 6.13. The fraction of sp³-hybridized carbons (Fsp3) is 0.154. The third-order valence-electron chi connectivity index (χ3n) is 2.78. The monoisotopic (exact) mass is 356 g/mol. The lowest BCUT2D eigenvalue weighted by Gasteiger charge is -2.14. The maximum absolute atomic E-state index is 13.2. The first kappa shape index (κ1) is 15.3. The number of rotatable bonds is 3. The molecule has 0 radical (unpaired) electrons. The van der Waals surface area contributed by atoms with Crippen LogP contribution in [0.2, 0.25) is 0 Å². The molecule has 0 saturated carbocycles. The normalized spacial score (nSPS) is 12.0. The van der Waals surface area contributed by atoms with Crippen molar-refractivity contribution in [2.24, 2.45) is 0 Å². The van der Waals surface area contributed by atoms with Crippen LogP contribution in [0.4, 0.5) is 14.6 Å². The van der Waals surface area contributed by atoms with Crippen molar-refractivity contribution < 1.29 is 13.6 Å². The van der Waals surface area contributed by atoms with Gasteiger partial charge in [0, 0.05) is 0 Å². The minimum atomic E-state index is -0.977. The van der Waals surface area contributed by atoms with E-state index < -0.39 is 23.6 Å². The average molecular weight is 357 g/mol. The molecule has 1 amide bonds. The van der Waals surface area contributed by atoms with Gasteiger partial charge in [-0.15, -0.1) is 0 Å². The first-order valence-corrected chi connectivity index (χ1v) is 6.71. The Bertz CT molecular complexity index is 696. The molecule has 0 fully saturated rings. The highest BCUT2D eigenvalue weighted by Crippen LogP contribution is 2.17. The summed E-state index contributed by atoms with van der Waals surface area (Å²) in [5.74, 6) is -2.50. The van der Waals surface area contributed by atoms with Crippen molar-refractivity contribution in [2.75, 3.05) is 5.73 Å². The van der Waals surface area contributed by atoms with E-state index in [1.165, 1.54) is 12.3 Å². The molecule has 1 heterocycles. The molecule has 3 N–H and O–H groups in total. The predicted octanol–water partition coefficient (Wildman–Crippen LogP) is 2.59. The molecule has 0 spiro atoms. The van der Waals surface area contributed by atoms with E-state index in [2.05, 4.69) is 31.2 Å². The quantitative estimate of drug-likeness (QED) is 0.885. The van der Waals surface area contributed by atoms with Crippen molar-refractivity contribution in [3.05, 3.63) is 51.9 Å². The maximum atomic E-state index is 13.2. The van der Waals surface area contributed by atoms with Crippen LogP contribution in [0.1, 0.15) is 29.0 Å². The zero-order valence-electron chi connectivity index (χ0n) is 10.9. The summed E-state index contributed by atoms with van der Waals surface area (Å²) in [6, 6.07) is 2.86. The van der Waals surface area contributed by atoms with Crippen molar-refractivity contribution in [3.8, 4) is 0 Å². The van der Waals surface area contributed by atoms with E-state index in [1.807, 2.05) is 0 Å². The lowest BCUT2D eigenvalue weighted by Crippen LogP contribution is -2.28. The van der Waals surface area contributed by atoms with E-state index in [9.17, 15) is 13.6 Å². The molecule has 2 rings (SSSR count). The van der Waals surface area contributed by atoms with Gasteiger partial charge < -0.3 is 11.1 Å². The molecule has 0 aliphatic carbocycles. The molecule has 21 heavy (non-hydrogen) atoms. The van der Waals surface area contributed by atoms with Crippen LogP contribution in [0.25, 0.3) is 0 Å². The molecule has 8 heteroatoms. The minimum absolute atomic E-state index is 0.0202. The van der Waals surface area contributed by atoms with Crippen LogP contribution in [-0.4, -0.2) is 15.9 Å². The minimum Gasteiger partial charge on any atom is -0.382 e. The summed E-state index contributed by atoms with van der Waals surface area (Å²) in [4.78, 5) is 19.8. The summed E-state index contributed by atoms with van der Waals surface area (Å²) in [5.41, 5.74) is 5.96. The van der Waals surface area contributed by atoms with Gasteiger partial charge in [0.15, 0.2) is 23.1 Å². The standard InChI is InChI=1S/C13H11BrF2N4O/c1-6(7-2-3-8(15)9(16)4-7)19-13(21)11-12(17)18-5-10(14)20-11/h2-6H,1H3,(H2,17,18)(H,19,21). The number of nitrogens with two attached hydrogens (primary N) is 1. The Morgan fingerprint density at radius 2 is 2.10 bits per heavy atom. The van der Waals surface area contributed by atoms with Crippen LogP contribution in [-0.2, 0) is 0 Å². The SMILES string of the molecule is CC(NC(=O)c1nc(Br)cnc1N)c1ccc(F)c(F)c1. The maximum Gasteiger partial charge on any atom is 0.274 e. The van der Waals surface area contributed by atoms with Crippen LogP contribution in [0.5, 0.6) is 0 Å². The van der Waals surface area contributed by atoms with Crippen LogP contribution in [0.3, 0.4) is 0 Å². The summed E-state index contributed by atoms with van der Waals surface area (Å²) in [5, 5.41) is 2.60. The smallest absolute Gasteiger partial charge is 0.274 e. The average Bonchev–Trinajstić information content (AvgIpc) is 2.44. The van der Waals surface area contributed by atoms with Crippen molar-refractivity contribution in [2.45, 2.75) is 13.0 Å². The van der Waals surface area contributed by atoms with Gasteiger partial charge in [0.2, 0.25) is 0 Å². The van der Waals surface area contributed by atoms with Gasteiger partial charge >= 0.3 is 0 Å². The van der Waals surface area contributed by atoms with Crippen molar-refractivity contribution in [1.29, 1.82) is 0 Å². The van der Waals surface area contributed by atoms with Gasteiger partial charge in [-0.05, 0) is 40.5 Å². The fourth-order valence-corrected chi connectivity index (χ4v) is 1.95. The van der Waals surface area contributed by atoms with E-state index >= 15 is 0 Å². The summed E-state index contributed by atoms with van der Waals surface area (Å²) < 4.78 is 26.4. The van der Waals surface area contributed by atoms with Crippen LogP contribution in [0.15, 0.2) is 29.0 Å². The van der Waals surface area contributed by atoms with Crippen molar-refractivity contribution >= 4 is 27.7 Å². The van der Waals surface area contributed by atoms with Gasteiger partial charge in [-0.2, -0.15) is 0 Å². The molecule has 0 aliphatic heterocycles. The number of hydrogen-bond donors (Lipinski definition) is 2. The zero-order valence-corrected chi connectivity index (χ0v) is 12.5. The van der Waals surface area contributed by atoms with Gasteiger partial charge in [0.1, 0.15) is 4.60 Å². The van der Waals surface area contributed by atoms with Gasteiger partial charge in [-0.25, -0.2) is 18.7 Å². The Kier molecular flexibility index (Phi) is 4.46. The Labute approximate surface area is 127 Å². The highest BCUT2D eigenvalue weighted by atomic mass is 79.9. The summed E-state index contributed by atoms with van der Waals surface area (Å²) in [7, 11) is 0. The molecule has 1 aromatic carbocycles. The number of hydrogen-bond acceptors (Lipinski definition) is 4. The van der Waals surface area contributed by atoms with Gasteiger partial charge in [-0.3, -0.25) is 4.79 Å². The fourth-order valence-electron chi connectivity index (χ4n) is 1.67. The van der Waals surface area contributed by atoms with Gasteiger partial charge in [0.05, 0.1) is 12.2 Å². The lowest BCUT2D eigenvalue weighted by molar-refractivity contribution is 0.0935. The number of carbonyl (C=O) groups excluding carboxylic acids is 1. The van der Waals surface area contributed by atoms with Gasteiger partial charge in [-0.1, -0.05) is 6.07 Å². The molecule has 5 nitrogen and oxygen atoms in total. The second-order valence-electron chi connectivity index (χ2n) is 4.30. The molecular formula is C13H11BrF2N4O. The Morgan fingerprint density at radius 3 is 2.76 bits per heavy atom. The Morgan fingerprint density at radius 1 is 1.38 bits per heavy atom. The first-order chi connectivity index (χ1) is 9.88. The second-order valence-corrected chi connectivity index (χ2v) is 5.11. The molecule has 1 atom stereocenters. The van der Waals surface area contributed by atoms with Crippen LogP contribution in [0, 0.1) is 11.6 Å². The van der Waals surface area contributed by atoms with E-state index in [0.717, 1.165) is 12.1 Å². The molecular weight excluding hydrogens is 346 g/mol. The molecule has 0 aliphatic rings. The molecule has 1 unspecified atom stereocenters. The lowest BCUT2D eigenvalue weighted by atomic mass is 10.1. The van der Waals surface area contributed by atoms with E-state index in [1.54, 1.807) is 6.92 Å². The topological polar surface area (TPSA) is 80.9 Å². The molecule has 1 aromatic heterocycles. The summed E-state index contributed by atoms with van der Waals surface area (Å²) in [6.45, 7) is 1.63. The Balaban J connectivity index is 2.18. The van der Waals surface area contributed by atoms with Gasteiger partial charge in [0.25, 0.3) is 5.91 Å². The number of carbonyl (C=O) groups is 1. The summed E-state index contributed by atoms with van der Waals surface area (Å²) in [6.07, 6.45) is 1.37. The number of anilines is 1. The van der Waals surface area contributed by atoms with Crippen molar-refractivity contribution in [3.63, 3.8) is 0 Å².